The molecule has 29 heavy (non-hydrogen) atoms. The van der Waals surface area contributed by atoms with Crippen molar-refractivity contribution in [3.8, 4) is 0 Å². The topological polar surface area (TPSA) is 71.3 Å². The zero-order valence-electron chi connectivity index (χ0n) is 17.5. The molecule has 1 fully saturated rings. The van der Waals surface area contributed by atoms with Gasteiger partial charge in [0.15, 0.2) is 0 Å². The SMILES string of the molecule is Cc1c(C(=O)OC(C)C)cc2cc(Br)cn2c1C(C)N1CCN(S(C)(=O)=O)CC1. The molecular formula is C20H28BrN3O4S. The molecule has 0 aromatic carbocycles. The van der Waals surface area contributed by atoms with E-state index in [4.69, 9.17) is 4.74 Å². The smallest absolute Gasteiger partial charge is 0.338 e. The molecule has 1 aliphatic rings. The molecule has 1 atom stereocenters. The van der Waals surface area contributed by atoms with Crippen molar-refractivity contribution in [1.82, 2.24) is 13.6 Å². The highest BCUT2D eigenvalue weighted by Crippen LogP contribution is 2.31. The summed E-state index contributed by atoms with van der Waals surface area (Å²) in [5.74, 6) is -0.326. The molecular weight excluding hydrogens is 458 g/mol. The van der Waals surface area contributed by atoms with Crippen molar-refractivity contribution in [2.75, 3.05) is 32.4 Å². The Morgan fingerprint density at radius 3 is 2.31 bits per heavy atom. The van der Waals surface area contributed by atoms with E-state index in [1.807, 2.05) is 39.1 Å². The van der Waals surface area contributed by atoms with Crippen LogP contribution in [0.15, 0.2) is 22.8 Å². The molecule has 0 spiro atoms. The first-order chi connectivity index (χ1) is 13.5. The molecule has 2 aromatic rings. The third-order valence-corrected chi connectivity index (χ3v) is 7.14. The molecule has 7 nitrogen and oxygen atoms in total. The number of halogens is 1. The van der Waals surface area contributed by atoms with Crippen LogP contribution in [0.3, 0.4) is 0 Å². The van der Waals surface area contributed by atoms with Crippen LogP contribution >= 0.6 is 15.9 Å². The number of esters is 1. The summed E-state index contributed by atoms with van der Waals surface area (Å²) in [6, 6.07) is 3.84. The van der Waals surface area contributed by atoms with Gasteiger partial charge in [-0.3, -0.25) is 4.90 Å². The lowest BCUT2D eigenvalue weighted by Gasteiger charge is -2.37. The fraction of sp³-hybridized carbons (Fsp3) is 0.550. The molecule has 0 N–H and O–H groups in total. The molecule has 3 heterocycles. The first kappa shape index (κ1) is 22.3. The van der Waals surface area contributed by atoms with Gasteiger partial charge in [0.2, 0.25) is 10.0 Å². The number of ether oxygens (including phenoxy) is 1. The van der Waals surface area contributed by atoms with E-state index in [0.29, 0.717) is 31.7 Å². The maximum absolute atomic E-state index is 12.7. The quantitative estimate of drug-likeness (QED) is 0.607. The van der Waals surface area contributed by atoms with Gasteiger partial charge in [-0.15, -0.1) is 0 Å². The van der Waals surface area contributed by atoms with Gasteiger partial charge in [0.1, 0.15) is 0 Å². The summed E-state index contributed by atoms with van der Waals surface area (Å²) < 4.78 is 33.6. The Labute approximate surface area is 180 Å². The van der Waals surface area contributed by atoms with Crippen molar-refractivity contribution in [3.63, 3.8) is 0 Å². The number of sulfonamides is 1. The number of rotatable bonds is 5. The number of fused-ring (bicyclic) bond motifs is 1. The second kappa shape index (κ2) is 8.37. The highest BCUT2D eigenvalue weighted by Gasteiger charge is 2.29. The van der Waals surface area contributed by atoms with Gasteiger partial charge in [0, 0.05) is 54.1 Å². The van der Waals surface area contributed by atoms with Crippen LogP contribution in [0.4, 0.5) is 0 Å². The lowest BCUT2D eigenvalue weighted by molar-refractivity contribution is 0.0376. The summed E-state index contributed by atoms with van der Waals surface area (Å²) in [6.45, 7) is 9.93. The van der Waals surface area contributed by atoms with Gasteiger partial charge in [-0.25, -0.2) is 13.2 Å². The highest BCUT2D eigenvalue weighted by atomic mass is 79.9. The summed E-state index contributed by atoms with van der Waals surface area (Å²) in [5.41, 5.74) is 3.37. The average molecular weight is 486 g/mol. The van der Waals surface area contributed by atoms with Crippen LogP contribution in [0.25, 0.3) is 5.52 Å². The molecule has 2 aromatic heterocycles. The number of hydrogen-bond donors (Lipinski definition) is 0. The molecule has 160 valence electrons. The third-order valence-electron chi connectivity index (χ3n) is 5.40. The number of piperazine rings is 1. The van der Waals surface area contributed by atoms with E-state index in [9.17, 15) is 13.2 Å². The highest BCUT2D eigenvalue weighted by molar-refractivity contribution is 9.10. The number of nitrogens with zero attached hydrogens (tertiary/aromatic N) is 3. The van der Waals surface area contributed by atoms with Gasteiger partial charge in [-0.1, -0.05) is 0 Å². The van der Waals surface area contributed by atoms with Crippen molar-refractivity contribution in [2.45, 2.75) is 39.8 Å². The van der Waals surface area contributed by atoms with Gasteiger partial charge in [-0.05, 0) is 61.3 Å². The number of aromatic nitrogens is 1. The summed E-state index contributed by atoms with van der Waals surface area (Å²) in [4.78, 5) is 15.0. The predicted octanol–water partition coefficient (Wildman–Crippen LogP) is 3.21. The summed E-state index contributed by atoms with van der Waals surface area (Å²) in [7, 11) is -3.17. The Hall–Kier alpha value is -1.42. The minimum absolute atomic E-state index is 0.00492. The van der Waals surface area contributed by atoms with Crippen LogP contribution in [0.1, 0.15) is 48.4 Å². The van der Waals surface area contributed by atoms with Crippen molar-refractivity contribution in [2.24, 2.45) is 0 Å². The van der Waals surface area contributed by atoms with Crippen LogP contribution in [-0.4, -0.2) is 66.5 Å². The van der Waals surface area contributed by atoms with Crippen LogP contribution in [0.2, 0.25) is 0 Å². The molecule has 3 rings (SSSR count). The van der Waals surface area contributed by atoms with Gasteiger partial charge < -0.3 is 9.14 Å². The summed E-state index contributed by atoms with van der Waals surface area (Å²) in [5, 5.41) is 0. The van der Waals surface area contributed by atoms with Gasteiger partial charge >= 0.3 is 5.97 Å². The van der Waals surface area contributed by atoms with E-state index in [-0.39, 0.29) is 18.1 Å². The number of pyridine rings is 1. The number of carbonyl (C=O) groups is 1. The normalized spacial score (nSPS) is 17.8. The van der Waals surface area contributed by atoms with Crippen LogP contribution in [0.5, 0.6) is 0 Å². The largest absolute Gasteiger partial charge is 0.459 e. The Balaban J connectivity index is 1.99. The van der Waals surface area contributed by atoms with Crippen LogP contribution < -0.4 is 0 Å². The average Bonchev–Trinajstić information content (AvgIpc) is 2.99. The lowest BCUT2D eigenvalue weighted by atomic mass is 10.0. The molecule has 1 unspecified atom stereocenters. The first-order valence-electron chi connectivity index (χ1n) is 9.70. The van der Waals surface area contributed by atoms with E-state index in [1.165, 1.54) is 10.6 Å². The zero-order valence-corrected chi connectivity index (χ0v) is 19.9. The Morgan fingerprint density at radius 1 is 1.14 bits per heavy atom. The molecule has 0 saturated carbocycles. The summed E-state index contributed by atoms with van der Waals surface area (Å²) >= 11 is 3.54. The maximum atomic E-state index is 12.7. The number of hydrogen-bond acceptors (Lipinski definition) is 5. The van der Waals surface area contributed by atoms with E-state index in [1.54, 1.807) is 0 Å². The van der Waals surface area contributed by atoms with E-state index < -0.39 is 10.0 Å². The molecule has 0 aliphatic carbocycles. The van der Waals surface area contributed by atoms with E-state index in [0.717, 1.165) is 21.2 Å². The Bertz CT molecular complexity index is 1020. The molecule has 1 aliphatic heterocycles. The molecule has 0 bridgehead atoms. The van der Waals surface area contributed by atoms with Crippen LogP contribution in [-0.2, 0) is 14.8 Å². The second-order valence-electron chi connectivity index (χ2n) is 7.85. The van der Waals surface area contributed by atoms with Crippen molar-refractivity contribution in [1.29, 1.82) is 0 Å². The molecule has 0 radical (unpaired) electrons. The first-order valence-corrected chi connectivity index (χ1v) is 12.3. The predicted molar refractivity (Wildman–Crippen MR) is 117 cm³/mol. The number of carbonyl (C=O) groups excluding carboxylic acids is 1. The summed E-state index contributed by atoms with van der Waals surface area (Å²) in [6.07, 6.45) is 3.06. The molecule has 9 heteroatoms. The van der Waals surface area contributed by atoms with E-state index >= 15 is 0 Å². The van der Waals surface area contributed by atoms with Gasteiger partial charge in [0.05, 0.1) is 17.9 Å². The van der Waals surface area contributed by atoms with Crippen molar-refractivity contribution >= 4 is 37.4 Å². The minimum atomic E-state index is -3.17. The minimum Gasteiger partial charge on any atom is -0.459 e. The van der Waals surface area contributed by atoms with E-state index in [2.05, 4.69) is 32.2 Å². The van der Waals surface area contributed by atoms with Gasteiger partial charge in [-0.2, -0.15) is 4.31 Å². The van der Waals surface area contributed by atoms with Crippen molar-refractivity contribution in [3.05, 3.63) is 39.6 Å². The second-order valence-corrected chi connectivity index (χ2v) is 10.7. The molecule has 1 saturated heterocycles. The molecule has 0 amide bonds. The standard InChI is InChI=1S/C20H28BrN3O4S/c1-13(2)28-20(25)18-11-17-10-16(21)12-24(17)19(14(18)3)15(4)22-6-8-23(9-7-22)29(5,26)27/h10-13,15H,6-9H2,1-5H3. The fourth-order valence-corrected chi connectivity index (χ4v) is 5.21. The zero-order chi connectivity index (χ0) is 21.5. The third kappa shape index (κ3) is 4.68. The maximum Gasteiger partial charge on any atom is 0.338 e. The lowest BCUT2D eigenvalue weighted by Crippen LogP contribution is -2.49. The fourth-order valence-electron chi connectivity index (χ4n) is 3.94. The Morgan fingerprint density at radius 2 is 1.76 bits per heavy atom. The Kier molecular flexibility index (Phi) is 6.43. The van der Waals surface area contributed by atoms with Gasteiger partial charge in [0.25, 0.3) is 0 Å². The van der Waals surface area contributed by atoms with Crippen LogP contribution in [0, 0.1) is 6.92 Å². The van der Waals surface area contributed by atoms with Crippen molar-refractivity contribution < 1.29 is 17.9 Å². The monoisotopic (exact) mass is 485 g/mol.